The number of nitrogen functional groups attached to an aromatic ring is 1. The molecule has 2 aromatic carbocycles. The second-order valence-electron chi connectivity index (χ2n) is 6.24. The number of fused-ring (bicyclic) bond motifs is 1. The topological polar surface area (TPSA) is 92.5 Å². The lowest BCUT2D eigenvalue weighted by atomic mass is 9.99. The highest BCUT2D eigenvalue weighted by Gasteiger charge is 2.29. The van der Waals surface area contributed by atoms with E-state index in [0.717, 1.165) is 24.1 Å². The van der Waals surface area contributed by atoms with Crippen LogP contribution in [-0.4, -0.2) is 26.9 Å². The first-order valence-electron chi connectivity index (χ1n) is 8.26. The summed E-state index contributed by atoms with van der Waals surface area (Å²) < 4.78 is 27.4. The van der Waals surface area contributed by atoms with Crippen LogP contribution >= 0.6 is 11.6 Å². The number of halogens is 1. The molecule has 1 heterocycles. The molecule has 6 nitrogen and oxygen atoms in total. The second kappa shape index (κ2) is 7.26. The number of nitrogens with two attached hydrogens (primary N) is 1. The van der Waals surface area contributed by atoms with E-state index < -0.39 is 16.1 Å². The van der Waals surface area contributed by atoms with E-state index in [4.69, 9.17) is 17.3 Å². The summed E-state index contributed by atoms with van der Waals surface area (Å²) in [6.07, 6.45) is 1.58. The number of carbonyl (C=O) groups is 1. The third-order valence-electron chi connectivity index (χ3n) is 4.38. The smallest absolute Gasteiger partial charge is 0.244 e. The van der Waals surface area contributed by atoms with Gasteiger partial charge in [-0.1, -0.05) is 17.7 Å². The summed E-state index contributed by atoms with van der Waals surface area (Å²) in [5.41, 5.74) is 8.34. The third kappa shape index (κ3) is 3.70. The Bertz CT molecular complexity index is 929. The lowest BCUT2D eigenvalue weighted by Crippen LogP contribution is -2.48. The monoisotopic (exact) mass is 393 g/mol. The van der Waals surface area contributed by atoms with Gasteiger partial charge in [-0.25, -0.2) is 8.42 Å². The average molecular weight is 394 g/mol. The quantitative estimate of drug-likeness (QED) is 0.781. The first kappa shape index (κ1) is 18.7. The fourth-order valence-corrected chi connectivity index (χ4v) is 4.40. The van der Waals surface area contributed by atoms with Crippen LogP contribution in [0, 0.1) is 0 Å². The van der Waals surface area contributed by atoms with Crippen molar-refractivity contribution in [1.29, 1.82) is 0 Å². The van der Waals surface area contributed by atoms with E-state index in [1.807, 2.05) is 6.07 Å². The number of nitrogens with zero attached hydrogens (tertiary/aromatic N) is 1. The number of sulfonamides is 1. The van der Waals surface area contributed by atoms with Crippen molar-refractivity contribution < 1.29 is 13.2 Å². The van der Waals surface area contributed by atoms with E-state index in [1.165, 1.54) is 31.2 Å². The highest BCUT2D eigenvalue weighted by molar-refractivity contribution is 7.89. The molecule has 26 heavy (non-hydrogen) atoms. The van der Waals surface area contributed by atoms with Gasteiger partial charge in [-0.2, -0.15) is 4.72 Å². The molecule has 0 spiro atoms. The lowest BCUT2D eigenvalue weighted by Gasteiger charge is -2.32. The van der Waals surface area contributed by atoms with E-state index in [0.29, 0.717) is 17.3 Å². The molecule has 1 amide bonds. The summed E-state index contributed by atoms with van der Waals surface area (Å²) in [7, 11) is -3.83. The Hall–Kier alpha value is -2.09. The molecule has 0 aromatic heterocycles. The fourth-order valence-electron chi connectivity index (χ4n) is 3.08. The standard InChI is InChI=1S/C18H20ClN3O3S/c1-12(21-26(24,25)14-9-7-13(19)8-10-14)18(23)22-11-3-4-15-16(20)5-2-6-17(15)22/h2,5-10,12,21H,3-4,11,20H2,1H3. The molecule has 2 aromatic rings. The minimum Gasteiger partial charge on any atom is -0.398 e. The van der Waals surface area contributed by atoms with Gasteiger partial charge in [0.1, 0.15) is 0 Å². The SMILES string of the molecule is CC(NS(=O)(=O)c1ccc(Cl)cc1)C(=O)N1CCCc2c(N)cccc21. The van der Waals surface area contributed by atoms with Crippen LogP contribution in [-0.2, 0) is 21.2 Å². The van der Waals surface area contributed by atoms with Crippen LogP contribution in [0.5, 0.6) is 0 Å². The summed E-state index contributed by atoms with van der Waals surface area (Å²) in [5, 5.41) is 0.440. The Kier molecular flexibility index (Phi) is 5.22. The van der Waals surface area contributed by atoms with Crippen LogP contribution in [0.25, 0.3) is 0 Å². The van der Waals surface area contributed by atoms with Crippen molar-refractivity contribution >= 4 is 38.9 Å². The number of amides is 1. The van der Waals surface area contributed by atoms with Gasteiger partial charge in [-0.15, -0.1) is 0 Å². The van der Waals surface area contributed by atoms with Gasteiger partial charge in [-0.3, -0.25) is 4.79 Å². The molecule has 1 atom stereocenters. The molecular weight excluding hydrogens is 374 g/mol. The van der Waals surface area contributed by atoms with Crippen molar-refractivity contribution in [3.8, 4) is 0 Å². The van der Waals surface area contributed by atoms with Crippen molar-refractivity contribution in [3.63, 3.8) is 0 Å². The second-order valence-corrected chi connectivity index (χ2v) is 8.39. The van der Waals surface area contributed by atoms with Crippen molar-refractivity contribution in [2.45, 2.75) is 30.7 Å². The molecule has 3 rings (SSSR count). The largest absolute Gasteiger partial charge is 0.398 e. The van der Waals surface area contributed by atoms with Gasteiger partial charge in [0.2, 0.25) is 15.9 Å². The Labute approximate surface area is 158 Å². The van der Waals surface area contributed by atoms with Crippen LogP contribution in [0.1, 0.15) is 18.9 Å². The van der Waals surface area contributed by atoms with Gasteiger partial charge in [-0.05, 0) is 61.7 Å². The number of rotatable bonds is 4. The van der Waals surface area contributed by atoms with Crippen LogP contribution < -0.4 is 15.4 Å². The summed E-state index contributed by atoms with van der Waals surface area (Å²) in [5.74, 6) is -0.311. The molecule has 138 valence electrons. The minimum atomic E-state index is -3.83. The summed E-state index contributed by atoms with van der Waals surface area (Å²) in [6, 6.07) is 10.3. The Balaban J connectivity index is 1.81. The van der Waals surface area contributed by atoms with Crippen LogP contribution in [0.15, 0.2) is 47.4 Å². The number of hydrogen-bond donors (Lipinski definition) is 2. The molecule has 0 bridgehead atoms. The molecule has 8 heteroatoms. The van der Waals surface area contributed by atoms with Crippen LogP contribution in [0.3, 0.4) is 0 Å². The average Bonchev–Trinajstić information content (AvgIpc) is 2.61. The molecule has 0 radical (unpaired) electrons. The van der Waals surface area contributed by atoms with Crippen molar-refractivity contribution in [3.05, 3.63) is 53.1 Å². The van der Waals surface area contributed by atoms with Gasteiger partial charge in [0.15, 0.2) is 0 Å². The highest BCUT2D eigenvalue weighted by atomic mass is 35.5. The number of carbonyl (C=O) groups excluding carboxylic acids is 1. The van der Waals surface area contributed by atoms with Gasteiger partial charge in [0.05, 0.1) is 10.9 Å². The number of nitrogens with one attached hydrogen (secondary N) is 1. The van der Waals surface area contributed by atoms with E-state index in [2.05, 4.69) is 4.72 Å². The number of benzene rings is 2. The molecule has 1 aliphatic heterocycles. The van der Waals surface area contributed by atoms with E-state index in [-0.39, 0.29) is 10.8 Å². The van der Waals surface area contributed by atoms with E-state index in [1.54, 1.807) is 17.0 Å². The van der Waals surface area contributed by atoms with Gasteiger partial charge in [0, 0.05) is 22.9 Å². The van der Waals surface area contributed by atoms with Gasteiger partial charge < -0.3 is 10.6 Å². The predicted molar refractivity (Wildman–Crippen MR) is 103 cm³/mol. The summed E-state index contributed by atoms with van der Waals surface area (Å²) in [4.78, 5) is 14.5. The molecule has 0 fully saturated rings. The molecule has 0 saturated heterocycles. The highest BCUT2D eigenvalue weighted by Crippen LogP contribution is 2.31. The molecule has 1 aliphatic rings. The van der Waals surface area contributed by atoms with Crippen molar-refractivity contribution in [2.24, 2.45) is 0 Å². The fraction of sp³-hybridized carbons (Fsp3) is 0.278. The minimum absolute atomic E-state index is 0.0600. The summed E-state index contributed by atoms with van der Waals surface area (Å²) >= 11 is 5.79. The zero-order valence-corrected chi connectivity index (χ0v) is 15.8. The van der Waals surface area contributed by atoms with E-state index in [9.17, 15) is 13.2 Å². The van der Waals surface area contributed by atoms with E-state index >= 15 is 0 Å². The maximum absolute atomic E-state index is 12.9. The maximum atomic E-state index is 12.9. The number of anilines is 2. The molecular formula is C18H20ClN3O3S. The summed E-state index contributed by atoms with van der Waals surface area (Å²) in [6.45, 7) is 2.07. The third-order valence-corrected chi connectivity index (χ3v) is 6.19. The van der Waals surface area contributed by atoms with Crippen LogP contribution in [0.4, 0.5) is 11.4 Å². The zero-order chi connectivity index (χ0) is 18.9. The predicted octanol–water partition coefficient (Wildman–Crippen LogP) is 2.57. The molecule has 3 N–H and O–H groups in total. The number of hydrogen-bond acceptors (Lipinski definition) is 4. The molecule has 1 unspecified atom stereocenters. The lowest BCUT2D eigenvalue weighted by molar-refractivity contribution is -0.119. The maximum Gasteiger partial charge on any atom is 0.244 e. The Morgan fingerprint density at radius 2 is 1.92 bits per heavy atom. The van der Waals surface area contributed by atoms with Gasteiger partial charge >= 0.3 is 0 Å². The molecule has 0 saturated carbocycles. The van der Waals surface area contributed by atoms with Crippen molar-refractivity contribution in [1.82, 2.24) is 4.72 Å². The Morgan fingerprint density at radius 3 is 2.62 bits per heavy atom. The zero-order valence-electron chi connectivity index (χ0n) is 14.3. The first-order chi connectivity index (χ1) is 12.3. The molecule has 0 aliphatic carbocycles. The Morgan fingerprint density at radius 1 is 1.23 bits per heavy atom. The van der Waals surface area contributed by atoms with Gasteiger partial charge in [0.25, 0.3) is 0 Å². The van der Waals surface area contributed by atoms with Crippen LogP contribution in [0.2, 0.25) is 5.02 Å². The normalized spacial score (nSPS) is 15.4. The van der Waals surface area contributed by atoms with Crippen molar-refractivity contribution in [2.75, 3.05) is 17.2 Å². The first-order valence-corrected chi connectivity index (χ1v) is 10.1.